The monoisotopic (exact) mass is 316 g/mol. The average Bonchev–Trinajstić information content (AvgIpc) is 2.49. The fraction of sp³-hybridized carbons (Fsp3) is 0.125. The lowest BCUT2D eigenvalue weighted by Gasteiger charge is -2.23. The van der Waals surface area contributed by atoms with E-state index in [2.05, 4.69) is 10.6 Å². The largest absolute Gasteiger partial charge is 0.479 e. The molecule has 3 rings (SSSR count). The lowest BCUT2D eigenvalue weighted by Crippen LogP contribution is -2.34. The van der Waals surface area contributed by atoms with Crippen LogP contribution in [0, 0.1) is 0 Å². The van der Waals surface area contributed by atoms with Crippen LogP contribution in [0.5, 0.6) is 5.75 Å². The van der Waals surface area contributed by atoms with Crippen molar-refractivity contribution >= 4 is 34.8 Å². The van der Waals surface area contributed by atoms with Gasteiger partial charge in [0.05, 0.1) is 16.3 Å². The van der Waals surface area contributed by atoms with Crippen LogP contribution >= 0.6 is 11.6 Å². The Bertz CT molecular complexity index is 761. The highest BCUT2D eigenvalue weighted by Gasteiger charge is 2.23. The van der Waals surface area contributed by atoms with Crippen LogP contribution < -0.4 is 15.4 Å². The molecule has 112 valence electrons. The first-order chi connectivity index (χ1) is 10.5. The van der Waals surface area contributed by atoms with Crippen molar-refractivity contribution < 1.29 is 14.3 Å². The van der Waals surface area contributed by atoms with Gasteiger partial charge in [-0.3, -0.25) is 9.59 Å². The first-order valence-electron chi connectivity index (χ1n) is 6.72. The normalized spacial score (nSPS) is 16.3. The fourth-order valence-electron chi connectivity index (χ4n) is 2.13. The number of halogens is 1. The van der Waals surface area contributed by atoms with Crippen molar-refractivity contribution in [2.24, 2.45) is 0 Å². The first kappa shape index (κ1) is 14.4. The van der Waals surface area contributed by atoms with Crippen LogP contribution in [-0.4, -0.2) is 17.9 Å². The van der Waals surface area contributed by atoms with Crippen molar-refractivity contribution in [3.8, 4) is 5.75 Å². The highest BCUT2D eigenvalue weighted by Crippen LogP contribution is 2.32. The minimum absolute atomic E-state index is 0.220. The van der Waals surface area contributed by atoms with Gasteiger partial charge < -0.3 is 15.4 Å². The number of hydrogen-bond acceptors (Lipinski definition) is 3. The fourth-order valence-corrected chi connectivity index (χ4v) is 2.35. The van der Waals surface area contributed by atoms with Crippen molar-refractivity contribution in [2.75, 3.05) is 10.6 Å². The van der Waals surface area contributed by atoms with Gasteiger partial charge in [0, 0.05) is 5.69 Å². The SMILES string of the molecule is CC1Oc2ccc(NC(=O)c3ccccc3Cl)cc2NC1=O. The molecule has 0 fully saturated rings. The van der Waals surface area contributed by atoms with E-state index in [-0.39, 0.29) is 11.8 Å². The molecule has 0 aromatic heterocycles. The third-order valence-electron chi connectivity index (χ3n) is 3.29. The summed E-state index contributed by atoms with van der Waals surface area (Å²) in [7, 11) is 0. The summed E-state index contributed by atoms with van der Waals surface area (Å²) in [6.07, 6.45) is -0.531. The van der Waals surface area contributed by atoms with Crippen LogP contribution in [0.25, 0.3) is 0 Å². The van der Waals surface area contributed by atoms with Gasteiger partial charge in [-0.25, -0.2) is 0 Å². The maximum absolute atomic E-state index is 12.2. The molecule has 1 heterocycles. The Balaban J connectivity index is 1.82. The van der Waals surface area contributed by atoms with Gasteiger partial charge in [0.15, 0.2) is 6.10 Å². The number of carbonyl (C=O) groups is 2. The van der Waals surface area contributed by atoms with Crippen LogP contribution in [0.3, 0.4) is 0 Å². The van der Waals surface area contributed by atoms with E-state index in [0.717, 1.165) is 0 Å². The number of nitrogens with one attached hydrogen (secondary N) is 2. The van der Waals surface area contributed by atoms with Crippen LogP contribution in [0.1, 0.15) is 17.3 Å². The first-order valence-corrected chi connectivity index (χ1v) is 7.10. The van der Waals surface area contributed by atoms with E-state index in [1.165, 1.54) is 0 Å². The second-order valence-electron chi connectivity index (χ2n) is 4.89. The van der Waals surface area contributed by atoms with Crippen LogP contribution in [0.2, 0.25) is 5.02 Å². The molecule has 0 saturated heterocycles. The van der Waals surface area contributed by atoms with Gasteiger partial charge in [-0.05, 0) is 37.3 Å². The summed E-state index contributed by atoms with van der Waals surface area (Å²) in [6, 6.07) is 11.8. The van der Waals surface area contributed by atoms with Gasteiger partial charge in [0.2, 0.25) is 0 Å². The Morgan fingerprint density at radius 1 is 1.27 bits per heavy atom. The summed E-state index contributed by atoms with van der Waals surface area (Å²) in [5.41, 5.74) is 1.46. The number of amides is 2. The second-order valence-corrected chi connectivity index (χ2v) is 5.30. The third kappa shape index (κ3) is 2.76. The number of carbonyl (C=O) groups excluding carboxylic acids is 2. The average molecular weight is 317 g/mol. The Kier molecular flexibility index (Phi) is 3.73. The van der Waals surface area contributed by atoms with Crippen molar-refractivity contribution in [3.63, 3.8) is 0 Å². The standard InChI is InChI=1S/C16H13ClN2O3/c1-9-15(20)19-13-8-10(6-7-14(13)22-9)18-16(21)11-4-2-3-5-12(11)17/h2-9H,1H3,(H,18,21)(H,19,20). The molecular weight excluding hydrogens is 304 g/mol. The van der Waals surface area contributed by atoms with Gasteiger partial charge >= 0.3 is 0 Å². The van der Waals surface area contributed by atoms with E-state index in [9.17, 15) is 9.59 Å². The summed E-state index contributed by atoms with van der Waals surface area (Å²) in [6.45, 7) is 1.67. The topological polar surface area (TPSA) is 67.4 Å². The number of hydrogen-bond donors (Lipinski definition) is 2. The van der Waals surface area contributed by atoms with Gasteiger partial charge in [-0.15, -0.1) is 0 Å². The molecule has 2 amide bonds. The summed E-state index contributed by atoms with van der Waals surface area (Å²) in [5, 5.41) is 5.86. The van der Waals surface area contributed by atoms with E-state index in [1.807, 2.05) is 0 Å². The molecule has 0 aliphatic carbocycles. The molecule has 1 aliphatic heterocycles. The van der Waals surface area contributed by atoms with Crippen molar-refractivity contribution in [1.82, 2.24) is 0 Å². The molecule has 5 nitrogen and oxygen atoms in total. The van der Waals surface area contributed by atoms with E-state index in [4.69, 9.17) is 16.3 Å². The van der Waals surface area contributed by atoms with E-state index >= 15 is 0 Å². The van der Waals surface area contributed by atoms with E-state index in [1.54, 1.807) is 49.4 Å². The zero-order valence-corrected chi connectivity index (χ0v) is 12.5. The predicted octanol–water partition coefficient (Wildman–Crippen LogP) is 3.31. The summed E-state index contributed by atoms with van der Waals surface area (Å²) < 4.78 is 5.46. The minimum atomic E-state index is -0.531. The molecule has 0 spiro atoms. The van der Waals surface area contributed by atoms with Crippen molar-refractivity contribution in [2.45, 2.75) is 13.0 Å². The Labute approximate surface area is 132 Å². The molecule has 1 atom stereocenters. The molecule has 22 heavy (non-hydrogen) atoms. The van der Waals surface area contributed by atoms with Crippen molar-refractivity contribution in [3.05, 3.63) is 53.1 Å². The van der Waals surface area contributed by atoms with E-state index < -0.39 is 6.10 Å². The van der Waals surface area contributed by atoms with Gasteiger partial charge in [0.1, 0.15) is 5.75 Å². The summed E-state index contributed by atoms with van der Waals surface area (Å²) >= 11 is 6.00. The highest BCUT2D eigenvalue weighted by atomic mass is 35.5. The number of anilines is 2. The number of ether oxygens (including phenoxy) is 1. The molecule has 2 aromatic carbocycles. The zero-order chi connectivity index (χ0) is 15.7. The van der Waals surface area contributed by atoms with Crippen molar-refractivity contribution in [1.29, 1.82) is 0 Å². The Morgan fingerprint density at radius 2 is 2.05 bits per heavy atom. The second kappa shape index (κ2) is 5.69. The molecule has 0 radical (unpaired) electrons. The van der Waals surface area contributed by atoms with Gasteiger partial charge in [-0.1, -0.05) is 23.7 Å². The van der Waals surface area contributed by atoms with Gasteiger partial charge in [-0.2, -0.15) is 0 Å². The van der Waals surface area contributed by atoms with E-state index in [0.29, 0.717) is 27.7 Å². The third-order valence-corrected chi connectivity index (χ3v) is 3.62. The molecule has 2 N–H and O–H groups in total. The lowest BCUT2D eigenvalue weighted by atomic mass is 10.2. The number of fused-ring (bicyclic) bond motifs is 1. The highest BCUT2D eigenvalue weighted by molar-refractivity contribution is 6.34. The Morgan fingerprint density at radius 3 is 2.82 bits per heavy atom. The number of rotatable bonds is 2. The molecule has 6 heteroatoms. The smallest absolute Gasteiger partial charge is 0.265 e. The van der Waals surface area contributed by atoms with Crippen LogP contribution in [0.15, 0.2) is 42.5 Å². The molecule has 1 unspecified atom stereocenters. The Hall–Kier alpha value is -2.53. The molecule has 1 aliphatic rings. The quantitative estimate of drug-likeness (QED) is 0.893. The minimum Gasteiger partial charge on any atom is -0.479 e. The molecule has 0 bridgehead atoms. The summed E-state index contributed by atoms with van der Waals surface area (Å²) in [5.74, 6) is 0.0342. The van der Waals surface area contributed by atoms with Crippen LogP contribution in [0.4, 0.5) is 11.4 Å². The predicted molar refractivity (Wildman–Crippen MR) is 84.6 cm³/mol. The maximum atomic E-state index is 12.2. The maximum Gasteiger partial charge on any atom is 0.265 e. The molecular formula is C16H13ClN2O3. The van der Waals surface area contributed by atoms with Crippen LogP contribution in [-0.2, 0) is 4.79 Å². The summed E-state index contributed by atoms with van der Waals surface area (Å²) in [4.78, 5) is 23.8. The zero-order valence-electron chi connectivity index (χ0n) is 11.7. The molecule has 0 saturated carbocycles. The number of benzene rings is 2. The van der Waals surface area contributed by atoms with Gasteiger partial charge in [0.25, 0.3) is 11.8 Å². The lowest BCUT2D eigenvalue weighted by molar-refractivity contribution is -0.122. The molecule has 2 aromatic rings.